The molecule has 36 heavy (non-hydrogen) atoms. The molecule has 180 valence electrons. The molecular formula is C27H25N7O2. The Morgan fingerprint density at radius 2 is 1.97 bits per heavy atom. The van der Waals surface area contributed by atoms with Crippen molar-refractivity contribution in [3.8, 4) is 6.07 Å². The van der Waals surface area contributed by atoms with Crippen LogP contribution in [0.1, 0.15) is 58.3 Å². The van der Waals surface area contributed by atoms with Gasteiger partial charge in [0.2, 0.25) is 5.82 Å². The van der Waals surface area contributed by atoms with Gasteiger partial charge in [-0.15, -0.1) is 0 Å². The smallest absolute Gasteiger partial charge is 0.262 e. The summed E-state index contributed by atoms with van der Waals surface area (Å²) in [4.78, 5) is 42.9. The van der Waals surface area contributed by atoms with Crippen molar-refractivity contribution in [2.24, 2.45) is 10.7 Å². The number of guanidine groups is 1. The molecule has 0 spiro atoms. The Bertz CT molecular complexity index is 1410. The lowest BCUT2D eigenvalue weighted by Crippen LogP contribution is -2.42. The minimum Gasteiger partial charge on any atom is -0.369 e. The van der Waals surface area contributed by atoms with Crippen molar-refractivity contribution < 1.29 is 9.59 Å². The Hall–Kier alpha value is -4.58. The quantitative estimate of drug-likeness (QED) is 0.579. The Balaban J connectivity index is 1.35. The van der Waals surface area contributed by atoms with E-state index in [9.17, 15) is 9.59 Å². The van der Waals surface area contributed by atoms with Crippen LogP contribution in [-0.4, -0.2) is 37.5 Å². The van der Waals surface area contributed by atoms with Crippen LogP contribution in [0.3, 0.4) is 0 Å². The maximum atomic E-state index is 13.7. The van der Waals surface area contributed by atoms with E-state index in [2.05, 4.69) is 15.0 Å². The zero-order valence-corrected chi connectivity index (χ0v) is 19.9. The Labute approximate surface area is 208 Å². The van der Waals surface area contributed by atoms with Gasteiger partial charge < -0.3 is 10.6 Å². The lowest BCUT2D eigenvalue weighted by molar-refractivity contribution is -0.132. The van der Waals surface area contributed by atoms with Gasteiger partial charge in [-0.3, -0.25) is 14.5 Å². The molecule has 1 atom stereocenters. The second-order valence-electron chi connectivity index (χ2n) is 8.98. The molecule has 2 aromatic carbocycles. The van der Waals surface area contributed by atoms with Crippen molar-refractivity contribution in [1.82, 2.24) is 19.8 Å². The number of carbonyl (C=O) groups excluding carboxylic acids is 2. The average Bonchev–Trinajstić information content (AvgIpc) is 3.43. The largest absolute Gasteiger partial charge is 0.369 e. The normalized spacial score (nSPS) is 18.7. The van der Waals surface area contributed by atoms with Crippen molar-refractivity contribution >= 4 is 17.8 Å². The summed E-state index contributed by atoms with van der Waals surface area (Å²) in [6, 6.07) is 18.6. The van der Waals surface area contributed by atoms with E-state index < -0.39 is 5.54 Å². The molecule has 0 fully saturated rings. The molecule has 9 heteroatoms. The minimum absolute atomic E-state index is 0.0919. The van der Waals surface area contributed by atoms with Gasteiger partial charge in [-0.25, -0.2) is 15.0 Å². The monoisotopic (exact) mass is 479 g/mol. The molecule has 0 saturated carbocycles. The highest BCUT2D eigenvalue weighted by Crippen LogP contribution is 2.38. The molecule has 2 amide bonds. The number of benzene rings is 2. The predicted molar refractivity (Wildman–Crippen MR) is 132 cm³/mol. The number of aliphatic imine (C=N–C) groups is 1. The van der Waals surface area contributed by atoms with Gasteiger partial charge in [-0.1, -0.05) is 55.8 Å². The number of aromatic nitrogens is 2. The van der Waals surface area contributed by atoms with Crippen LogP contribution in [0, 0.1) is 11.3 Å². The minimum atomic E-state index is -1.03. The molecule has 3 heterocycles. The van der Waals surface area contributed by atoms with Gasteiger partial charge in [-0.05, 0) is 29.7 Å². The Morgan fingerprint density at radius 3 is 2.72 bits per heavy atom. The lowest BCUT2D eigenvalue weighted by atomic mass is 9.85. The first kappa shape index (κ1) is 23.2. The molecular weight excluding hydrogens is 454 g/mol. The fourth-order valence-electron chi connectivity index (χ4n) is 4.87. The summed E-state index contributed by atoms with van der Waals surface area (Å²) in [6.45, 7) is 2.93. The van der Waals surface area contributed by atoms with Crippen molar-refractivity contribution in [3.05, 3.63) is 94.6 Å². The summed E-state index contributed by atoms with van der Waals surface area (Å²) in [5, 5.41) is 9.03. The maximum Gasteiger partial charge on any atom is 0.262 e. The molecule has 1 aromatic heterocycles. The fourth-order valence-corrected chi connectivity index (χ4v) is 4.87. The highest BCUT2D eigenvalue weighted by Gasteiger charge is 2.48. The van der Waals surface area contributed by atoms with E-state index in [0.29, 0.717) is 30.8 Å². The van der Waals surface area contributed by atoms with E-state index in [1.807, 2.05) is 49.4 Å². The number of hydrogen-bond acceptors (Lipinski definition) is 7. The van der Waals surface area contributed by atoms with Crippen LogP contribution < -0.4 is 5.73 Å². The molecule has 0 saturated heterocycles. The third-order valence-corrected chi connectivity index (χ3v) is 6.60. The van der Waals surface area contributed by atoms with Gasteiger partial charge >= 0.3 is 0 Å². The molecule has 9 nitrogen and oxygen atoms in total. The van der Waals surface area contributed by atoms with E-state index in [-0.39, 0.29) is 30.1 Å². The molecule has 2 aliphatic heterocycles. The summed E-state index contributed by atoms with van der Waals surface area (Å²) in [7, 11) is 0. The van der Waals surface area contributed by atoms with Crippen LogP contribution in [0.15, 0.2) is 65.8 Å². The number of nitrogens with two attached hydrogens (primary N) is 1. The zero-order valence-electron chi connectivity index (χ0n) is 19.9. The van der Waals surface area contributed by atoms with E-state index in [0.717, 1.165) is 23.1 Å². The highest BCUT2D eigenvalue weighted by atomic mass is 16.2. The standard InChI is InChI=1S/C27H25N7O2/c1-2-11-27(21-9-4-3-5-10-21)25(36)34(26(29)32-27)15-18-7-6-8-19(12-18)24(35)33-16-20-14-30-23(13-28)31-22(20)17-33/h3-10,12,14H,2,11,15-17H2,1H3,(H2,29,32). The number of amides is 2. The fraction of sp³-hybridized carbons (Fsp3) is 0.259. The number of fused-ring (bicyclic) bond motifs is 1. The van der Waals surface area contributed by atoms with E-state index in [4.69, 9.17) is 11.0 Å². The van der Waals surface area contributed by atoms with Crippen LogP contribution in [0.5, 0.6) is 0 Å². The van der Waals surface area contributed by atoms with E-state index in [1.165, 1.54) is 4.90 Å². The molecule has 0 radical (unpaired) electrons. The first-order chi connectivity index (χ1) is 17.4. The summed E-state index contributed by atoms with van der Waals surface area (Å²) in [5.41, 5.74) is 8.86. The molecule has 0 aliphatic carbocycles. The van der Waals surface area contributed by atoms with Crippen LogP contribution in [-0.2, 0) is 30.0 Å². The van der Waals surface area contributed by atoms with Crippen molar-refractivity contribution in [2.45, 2.75) is 44.9 Å². The molecule has 5 rings (SSSR count). The van der Waals surface area contributed by atoms with Crippen LogP contribution in [0.25, 0.3) is 0 Å². The van der Waals surface area contributed by atoms with Gasteiger partial charge in [0.15, 0.2) is 11.5 Å². The average molecular weight is 480 g/mol. The van der Waals surface area contributed by atoms with Crippen molar-refractivity contribution in [1.29, 1.82) is 5.26 Å². The number of carbonyl (C=O) groups is 2. The van der Waals surface area contributed by atoms with Crippen LogP contribution in [0.4, 0.5) is 0 Å². The van der Waals surface area contributed by atoms with E-state index >= 15 is 0 Å². The molecule has 3 aromatic rings. The molecule has 0 bridgehead atoms. The summed E-state index contributed by atoms with van der Waals surface area (Å²) < 4.78 is 0. The molecule has 2 aliphatic rings. The van der Waals surface area contributed by atoms with Gasteiger partial charge in [0.1, 0.15) is 6.07 Å². The number of rotatable bonds is 6. The summed E-state index contributed by atoms with van der Waals surface area (Å²) in [6.07, 6.45) is 2.92. The van der Waals surface area contributed by atoms with Crippen LogP contribution in [0.2, 0.25) is 0 Å². The third-order valence-electron chi connectivity index (χ3n) is 6.60. The lowest BCUT2D eigenvalue weighted by Gasteiger charge is -2.26. The first-order valence-electron chi connectivity index (χ1n) is 11.8. The molecule has 2 N–H and O–H groups in total. The third kappa shape index (κ3) is 3.96. The summed E-state index contributed by atoms with van der Waals surface area (Å²) >= 11 is 0. The number of nitriles is 1. The van der Waals surface area contributed by atoms with Gasteiger partial charge in [0, 0.05) is 23.9 Å². The predicted octanol–water partition coefficient (Wildman–Crippen LogP) is 2.86. The Kier molecular flexibility index (Phi) is 5.94. The van der Waals surface area contributed by atoms with Gasteiger partial charge in [0.05, 0.1) is 18.8 Å². The Morgan fingerprint density at radius 1 is 1.17 bits per heavy atom. The molecule has 1 unspecified atom stereocenters. The SMILES string of the molecule is CCCC1(c2ccccc2)N=C(N)N(Cc2cccc(C(=O)N3Cc4cnc(C#N)nc4C3)c2)C1=O. The highest BCUT2D eigenvalue weighted by molar-refractivity contribution is 6.07. The van der Waals surface area contributed by atoms with Crippen molar-refractivity contribution in [2.75, 3.05) is 0 Å². The first-order valence-corrected chi connectivity index (χ1v) is 11.8. The van der Waals surface area contributed by atoms with Gasteiger partial charge in [0.25, 0.3) is 11.8 Å². The summed E-state index contributed by atoms with van der Waals surface area (Å²) in [5.74, 6) is -0.0517. The van der Waals surface area contributed by atoms with Crippen molar-refractivity contribution in [3.63, 3.8) is 0 Å². The second kappa shape index (κ2) is 9.23. The van der Waals surface area contributed by atoms with Crippen LogP contribution >= 0.6 is 0 Å². The number of nitrogens with zero attached hydrogens (tertiary/aromatic N) is 6. The topological polar surface area (TPSA) is 129 Å². The van der Waals surface area contributed by atoms with Gasteiger partial charge in [-0.2, -0.15) is 5.26 Å². The number of hydrogen-bond donors (Lipinski definition) is 1. The zero-order chi connectivity index (χ0) is 25.3. The van der Waals surface area contributed by atoms with E-state index in [1.54, 1.807) is 29.3 Å². The maximum absolute atomic E-state index is 13.7. The second-order valence-corrected chi connectivity index (χ2v) is 8.98.